The summed E-state index contributed by atoms with van der Waals surface area (Å²) in [5, 5.41) is 12.3. The van der Waals surface area contributed by atoms with E-state index in [9.17, 15) is 50.6 Å². The highest BCUT2D eigenvalue weighted by molar-refractivity contribution is 6.00. The van der Waals surface area contributed by atoms with Gasteiger partial charge in [0.15, 0.2) is 11.4 Å². The summed E-state index contributed by atoms with van der Waals surface area (Å²) in [5.41, 5.74) is 11.0. The third kappa shape index (κ3) is 13.1. The Kier molecular flexibility index (Phi) is 16.4. The van der Waals surface area contributed by atoms with Gasteiger partial charge in [0.25, 0.3) is 5.91 Å². The Morgan fingerprint density at radius 3 is 1.37 bits per heavy atom. The average molecular weight is 1140 g/mol. The monoisotopic (exact) mass is 1140 g/mol. The minimum absolute atomic E-state index is 0.00142. The number of imidazole rings is 2. The number of nitrogens with one attached hydrogen (secondary N) is 1. The summed E-state index contributed by atoms with van der Waals surface area (Å²) in [6.45, 7) is 3.81. The van der Waals surface area contributed by atoms with Crippen LogP contribution in [0.1, 0.15) is 143 Å². The first-order chi connectivity index (χ1) is 39.5. The highest BCUT2D eigenvalue weighted by atomic mass is 19.4. The zero-order chi connectivity index (χ0) is 58.8. The predicted molar refractivity (Wildman–Crippen MR) is 296 cm³/mol. The van der Waals surface area contributed by atoms with Crippen molar-refractivity contribution in [1.29, 1.82) is 0 Å². The number of aromatic nitrogens is 4. The molecule has 12 rings (SSSR count). The van der Waals surface area contributed by atoms with E-state index in [2.05, 4.69) is 15.3 Å². The molecule has 4 aromatic heterocycles. The van der Waals surface area contributed by atoms with Gasteiger partial charge >= 0.3 is 30.3 Å². The summed E-state index contributed by atoms with van der Waals surface area (Å²) in [7, 11) is 0. The van der Waals surface area contributed by atoms with Crippen LogP contribution in [0.3, 0.4) is 0 Å². The Hall–Kier alpha value is -8.32. The lowest BCUT2D eigenvalue weighted by atomic mass is 9.50. The van der Waals surface area contributed by atoms with Gasteiger partial charge in [-0.25, -0.2) is 14.8 Å². The SMILES string of the molecule is C[C@H](OC(=O)C1CC2(CC(N)C2)C1)c1ccccc1.C[C@H](OC(=O)C1CC2(CC(NC(=O)c3ncn4cccc(Cc5ccc(C(F)(F)F)cc5)c34)C2)C1)c1ccccc1.O=C(O)c1ncn2cccc(Cc3ccc(C(F)(F)F)cc3)c12. The van der Waals surface area contributed by atoms with Gasteiger partial charge in [-0.05, 0) is 159 Å². The van der Waals surface area contributed by atoms with Crippen LogP contribution in [0.25, 0.3) is 11.0 Å². The number of esters is 2. The van der Waals surface area contributed by atoms with Gasteiger partial charge in [0, 0.05) is 24.5 Å². The molecule has 8 aromatic rings. The van der Waals surface area contributed by atoms with Crippen LogP contribution in [-0.4, -0.2) is 59.8 Å². The molecule has 2 atom stereocenters. The fraction of sp³-hybridized carbons (Fsp3) is 0.344. The molecule has 83 heavy (non-hydrogen) atoms. The van der Waals surface area contributed by atoms with E-state index >= 15 is 0 Å². The number of halogens is 6. The molecule has 4 aliphatic carbocycles. The standard InChI is InChI=1S/C32H30F3N3O3.C16H11F3N2O2.C16H21NO2/c1-20(22-6-3-2-4-7-22)41-30(40)24-15-31(16-24)17-26(18-31)37-29(39)27-28-23(8-5-13-38(28)19-36-27)14-21-9-11-25(12-10-21)32(33,34)35;17-16(18,19)12-5-3-10(4-6-12)8-11-2-1-7-21-9-20-13(14(11)21)15(22)23;1-11(12-5-3-2-4-6-12)19-15(18)13-7-16(8-13)9-14(17)10-16/h2-13,19-20,24,26H,14-18H2,1H3,(H,37,39);1-7,9H,8H2,(H,22,23);2-6,11,13-14H,7-10,17H2,1H3/t20-,24?,26?,31?;;11-,13?,14?,16?/m0.0/s1. The number of benzene rings is 4. The Balaban J connectivity index is 0.000000154. The number of amides is 1. The Bertz CT molecular complexity index is 3600. The maximum absolute atomic E-state index is 13.2. The highest BCUT2D eigenvalue weighted by Gasteiger charge is 2.56. The zero-order valence-electron chi connectivity index (χ0n) is 45.6. The Labute approximate surface area is 474 Å². The van der Waals surface area contributed by atoms with Crippen LogP contribution >= 0.6 is 0 Å². The molecule has 4 fully saturated rings. The summed E-state index contributed by atoms with van der Waals surface area (Å²) < 4.78 is 91.2. The van der Waals surface area contributed by atoms with Crippen molar-refractivity contribution in [2.24, 2.45) is 28.4 Å². The van der Waals surface area contributed by atoms with Gasteiger partial charge in [0.1, 0.15) is 24.9 Å². The predicted octanol–water partition coefficient (Wildman–Crippen LogP) is 13.0. The van der Waals surface area contributed by atoms with E-state index in [0.29, 0.717) is 57.7 Å². The molecule has 4 aliphatic rings. The third-order valence-electron chi connectivity index (χ3n) is 16.6. The van der Waals surface area contributed by atoms with Crippen LogP contribution in [0.15, 0.2) is 159 Å². The summed E-state index contributed by atoms with van der Waals surface area (Å²) in [6.07, 6.45) is 5.17. The molecule has 432 valence electrons. The Morgan fingerprint density at radius 1 is 0.578 bits per heavy atom. The lowest BCUT2D eigenvalue weighted by molar-refractivity contribution is -0.168. The second kappa shape index (κ2) is 23.5. The quantitative estimate of drug-likeness (QED) is 0.0743. The van der Waals surface area contributed by atoms with E-state index in [-0.39, 0.29) is 59.0 Å². The van der Waals surface area contributed by atoms with Crippen molar-refractivity contribution >= 4 is 34.8 Å². The first kappa shape index (κ1) is 57.9. The second-order valence-electron chi connectivity index (χ2n) is 22.7. The highest BCUT2D eigenvalue weighted by Crippen LogP contribution is 2.60. The summed E-state index contributed by atoms with van der Waals surface area (Å²) in [5.74, 6) is -1.64. The van der Waals surface area contributed by atoms with Crippen LogP contribution < -0.4 is 11.1 Å². The van der Waals surface area contributed by atoms with Crippen molar-refractivity contribution in [3.63, 3.8) is 0 Å². The van der Waals surface area contributed by atoms with E-state index in [1.807, 2.05) is 86.6 Å². The number of aromatic carboxylic acids is 1. The fourth-order valence-electron chi connectivity index (χ4n) is 12.4. The molecular weight excluding hydrogens is 1080 g/mol. The summed E-state index contributed by atoms with van der Waals surface area (Å²) >= 11 is 0. The maximum atomic E-state index is 13.2. The number of ether oxygens (including phenoxy) is 2. The first-order valence-electron chi connectivity index (χ1n) is 27.6. The molecule has 4 N–H and O–H groups in total. The van der Waals surface area contributed by atoms with Crippen molar-refractivity contribution in [2.45, 2.75) is 115 Å². The average Bonchev–Trinajstić information content (AvgIpc) is 2.25. The molecule has 0 aliphatic heterocycles. The Morgan fingerprint density at radius 2 is 0.976 bits per heavy atom. The molecule has 0 unspecified atom stereocenters. The lowest BCUT2D eigenvalue weighted by Crippen LogP contribution is -2.57. The number of alkyl halides is 6. The number of fused-ring (bicyclic) bond motifs is 2. The van der Waals surface area contributed by atoms with Crippen LogP contribution in [0, 0.1) is 22.7 Å². The van der Waals surface area contributed by atoms with Gasteiger partial charge in [-0.3, -0.25) is 14.4 Å². The van der Waals surface area contributed by atoms with Crippen LogP contribution in [0.2, 0.25) is 0 Å². The zero-order valence-corrected chi connectivity index (χ0v) is 45.6. The first-order valence-corrected chi connectivity index (χ1v) is 27.6. The van der Waals surface area contributed by atoms with Gasteiger partial charge in [0.05, 0.1) is 34.0 Å². The number of carboxylic acid groups (broad SMARTS) is 1. The van der Waals surface area contributed by atoms with Crippen molar-refractivity contribution < 1.29 is 60.1 Å². The molecule has 19 heteroatoms. The van der Waals surface area contributed by atoms with E-state index in [1.54, 1.807) is 39.7 Å². The molecular formula is C64H62F6N6O7. The van der Waals surface area contributed by atoms with Gasteiger partial charge in [-0.15, -0.1) is 0 Å². The van der Waals surface area contributed by atoms with Gasteiger partial charge in [-0.1, -0.05) is 97.1 Å². The van der Waals surface area contributed by atoms with Crippen LogP contribution in [0.4, 0.5) is 26.3 Å². The third-order valence-corrected chi connectivity index (χ3v) is 16.6. The maximum Gasteiger partial charge on any atom is 0.416 e. The lowest BCUT2D eigenvalue weighted by Gasteiger charge is -2.57. The number of carboxylic acids is 1. The van der Waals surface area contributed by atoms with E-state index in [4.69, 9.17) is 15.2 Å². The van der Waals surface area contributed by atoms with Gasteiger partial charge in [-0.2, -0.15) is 26.3 Å². The summed E-state index contributed by atoms with van der Waals surface area (Å²) in [6, 6.07) is 36.9. The van der Waals surface area contributed by atoms with Crippen molar-refractivity contribution in [3.8, 4) is 0 Å². The minimum Gasteiger partial charge on any atom is -0.476 e. The molecule has 0 bridgehead atoms. The molecule has 0 saturated heterocycles. The molecule has 0 radical (unpaired) electrons. The molecule has 2 spiro atoms. The van der Waals surface area contributed by atoms with Crippen LogP contribution in [-0.2, 0) is 44.3 Å². The second-order valence-corrected chi connectivity index (χ2v) is 22.7. The number of hydrogen-bond donors (Lipinski definition) is 3. The molecule has 4 saturated carbocycles. The van der Waals surface area contributed by atoms with Crippen LogP contribution in [0.5, 0.6) is 0 Å². The van der Waals surface area contributed by atoms with Crippen molar-refractivity contribution in [2.75, 3.05) is 0 Å². The van der Waals surface area contributed by atoms with E-state index in [0.717, 1.165) is 92.3 Å². The van der Waals surface area contributed by atoms with Crippen molar-refractivity contribution in [1.82, 2.24) is 24.1 Å². The smallest absolute Gasteiger partial charge is 0.416 e. The van der Waals surface area contributed by atoms with E-state index in [1.165, 1.54) is 30.6 Å². The number of nitrogens with zero attached hydrogens (tertiary/aromatic N) is 4. The topological polar surface area (TPSA) is 180 Å². The molecule has 1 amide bonds. The number of carbonyl (C=O) groups is 4. The number of hydrogen-bond acceptors (Lipinski definition) is 9. The normalized spacial score (nSPS) is 22.2. The van der Waals surface area contributed by atoms with E-state index < -0.39 is 29.4 Å². The van der Waals surface area contributed by atoms with Gasteiger partial charge in [0.2, 0.25) is 0 Å². The van der Waals surface area contributed by atoms with Gasteiger partial charge < -0.3 is 34.4 Å². The summed E-state index contributed by atoms with van der Waals surface area (Å²) in [4.78, 5) is 57.4. The number of pyridine rings is 2. The molecule has 4 heterocycles. The minimum atomic E-state index is -4.39. The molecule has 4 aromatic carbocycles. The largest absolute Gasteiger partial charge is 0.476 e. The van der Waals surface area contributed by atoms with Crippen molar-refractivity contribution in [3.05, 3.63) is 214 Å². The number of carbonyl (C=O) groups excluding carboxylic acids is 3. The fourth-order valence-corrected chi connectivity index (χ4v) is 12.4. The number of rotatable bonds is 13. The molecule has 13 nitrogen and oxygen atoms in total. The number of nitrogens with two attached hydrogens (primary N) is 1.